The van der Waals surface area contributed by atoms with Gasteiger partial charge in [-0.05, 0) is 31.7 Å². The van der Waals surface area contributed by atoms with Gasteiger partial charge in [0, 0.05) is 43.3 Å². The van der Waals surface area contributed by atoms with E-state index in [1.807, 2.05) is 0 Å². The number of aliphatic imine (C=N–C) groups is 1. The number of benzene rings is 1. The number of halogens is 1. The van der Waals surface area contributed by atoms with E-state index in [2.05, 4.69) is 26.6 Å². The van der Waals surface area contributed by atoms with Crippen LogP contribution in [0.1, 0.15) is 12.5 Å². The molecule has 25 heavy (non-hydrogen) atoms. The van der Waals surface area contributed by atoms with Crippen molar-refractivity contribution in [2.45, 2.75) is 6.92 Å². The highest BCUT2D eigenvalue weighted by atomic mass is 35.5. The molecule has 3 rings (SSSR count). The fraction of sp³-hybridized carbons (Fsp3) is 0.471. The number of nitrogens with zero attached hydrogens (tertiary/aromatic N) is 3. The fourth-order valence-corrected chi connectivity index (χ4v) is 4.79. The van der Waals surface area contributed by atoms with E-state index in [0.717, 1.165) is 32.7 Å². The number of nitrogens with one attached hydrogen (secondary N) is 1. The van der Waals surface area contributed by atoms with Gasteiger partial charge >= 0.3 is 0 Å². The molecule has 0 spiro atoms. The van der Waals surface area contributed by atoms with Crippen LogP contribution in [0.2, 0.25) is 5.02 Å². The molecule has 0 radical (unpaired) electrons. The summed E-state index contributed by atoms with van der Waals surface area (Å²) in [6.45, 7) is 7.34. The van der Waals surface area contributed by atoms with Gasteiger partial charge in [0.05, 0.1) is 6.54 Å². The van der Waals surface area contributed by atoms with Gasteiger partial charge in [0.2, 0.25) is 0 Å². The van der Waals surface area contributed by atoms with Crippen LogP contribution in [-0.4, -0.2) is 70.4 Å². The van der Waals surface area contributed by atoms with E-state index < -0.39 is 10.0 Å². The lowest BCUT2D eigenvalue weighted by molar-refractivity contribution is 0.157. The molecule has 1 aromatic carbocycles. The molecule has 136 valence electrons. The number of hydrogen-bond donors (Lipinski definition) is 1. The number of likely N-dealkylation sites (N-methyl/N-ethyl adjacent to an activating group) is 1. The molecule has 1 saturated heterocycles. The van der Waals surface area contributed by atoms with Crippen LogP contribution in [0.3, 0.4) is 0 Å². The Balaban J connectivity index is 1.74. The van der Waals surface area contributed by atoms with Gasteiger partial charge in [-0.15, -0.1) is 0 Å². The van der Waals surface area contributed by atoms with Gasteiger partial charge in [0.1, 0.15) is 10.7 Å². The summed E-state index contributed by atoms with van der Waals surface area (Å²) < 4.78 is 27.5. The largest absolute Gasteiger partial charge is 0.304 e. The molecule has 2 aliphatic heterocycles. The van der Waals surface area contributed by atoms with Crippen molar-refractivity contribution in [1.29, 1.82) is 0 Å². The number of sulfonamides is 1. The topological polar surface area (TPSA) is 65.0 Å². The third-order valence-corrected chi connectivity index (χ3v) is 6.34. The third-order valence-electron chi connectivity index (χ3n) is 4.56. The van der Waals surface area contributed by atoms with Crippen molar-refractivity contribution in [3.63, 3.8) is 0 Å². The maximum absolute atomic E-state index is 12.5. The van der Waals surface area contributed by atoms with E-state index >= 15 is 0 Å². The molecule has 6 nitrogen and oxygen atoms in total. The van der Waals surface area contributed by atoms with E-state index in [9.17, 15) is 8.42 Å². The van der Waals surface area contributed by atoms with Gasteiger partial charge in [-0.3, -0.25) is 14.6 Å². The summed E-state index contributed by atoms with van der Waals surface area (Å²) in [5.74, 6) is 0.434. The smallest absolute Gasteiger partial charge is 0.264 e. The van der Waals surface area contributed by atoms with Crippen molar-refractivity contribution in [2.75, 3.05) is 46.3 Å². The van der Waals surface area contributed by atoms with E-state index in [4.69, 9.17) is 11.6 Å². The van der Waals surface area contributed by atoms with E-state index in [1.165, 1.54) is 0 Å². The Hall–Kier alpha value is -1.41. The Morgan fingerprint density at radius 3 is 2.64 bits per heavy atom. The summed E-state index contributed by atoms with van der Waals surface area (Å²) in [6.07, 6.45) is 0. The van der Waals surface area contributed by atoms with Gasteiger partial charge < -0.3 is 4.90 Å². The van der Waals surface area contributed by atoms with Crippen LogP contribution in [0.15, 0.2) is 34.8 Å². The first-order valence-electron chi connectivity index (χ1n) is 8.32. The van der Waals surface area contributed by atoms with Crippen LogP contribution in [0, 0.1) is 0 Å². The zero-order valence-corrected chi connectivity index (χ0v) is 16.1. The van der Waals surface area contributed by atoms with Gasteiger partial charge in [0.25, 0.3) is 10.0 Å². The summed E-state index contributed by atoms with van der Waals surface area (Å²) in [7, 11) is -1.48. The number of rotatable bonds is 4. The summed E-state index contributed by atoms with van der Waals surface area (Å²) in [6, 6.07) is 6.88. The average molecular weight is 383 g/mol. The summed E-state index contributed by atoms with van der Waals surface area (Å²) in [4.78, 5) is 9.40. The molecular formula is C17H23ClN4O2S. The van der Waals surface area contributed by atoms with Crippen molar-refractivity contribution in [1.82, 2.24) is 14.5 Å². The second-order valence-electron chi connectivity index (χ2n) is 6.45. The van der Waals surface area contributed by atoms with Crippen LogP contribution in [0.25, 0.3) is 4.91 Å². The second kappa shape index (κ2) is 7.45. The van der Waals surface area contributed by atoms with E-state index in [-0.39, 0.29) is 4.91 Å². The van der Waals surface area contributed by atoms with Crippen LogP contribution >= 0.6 is 11.6 Å². The van der Waals surface area contributed by atoms with Gasteiger partial charge in [0.15, 0.2) is 0 Å². The minimum atomic E-state index is -3.60. The fourth-order valence-electron chi connectivity index (χ4n) is 3.09. The van der Waals surface area contributed by atoms with E-state index in [1.54, 1.807) is 31.2 Å². The maximum atomic E-state index is 12.5. The molecule has 2 heterocycles. The first kappa shape index (κ1) is 18.4. The summed E-state index contributed by atoms with van der Waals surface area (Å²) >= 11 is 6.00. The lowest BCUT2D eigenvalue weighted by atomic mass is 10.1. The average Bonchev–Trinajstić information content (AvgIpc) is 2.78. The normalized spacial score (nSPS) is 23.2. The molecule has 0 unspecified atom stereocenters. The molecule has 1 N–H and O–H groups in total. The molecular weight excluding hydrogens is 360 g/mol. The Kier molecular flexibility index (Phi) is 5.48. The van der Waals surface area contributed by atoms with Crippen molar-refractivity contribution in [2.24, 2.45) is 4.99 Å². The standard InChI is InChI=1S/C17H23ClN4O2S/c1-13-16(14-4-3-5-15(18)12-14)25(23,24)20-17(13)19-6-7-22-10-8-21(2)9-11-22/h3-5,12H,6-11H2,1-2H3,(H,19,20). The highest BCUT2D eigenvalue weighted by Crippen LogP contribution is 2.30. The van der Waals surface area contributed by atoms with Crippen LogP contribution in [0.4, 0.5) is 0 Å². The molecule has 1 aromatic rings. The second-order valence-corrected chi connectivity index (χ2v) is 8.50. The molecule has 0 bridgehead atoms. The van der Waals surface area contributed by atoms with Gasteiger partial charge in [-0.2, -0.15) is 0 Å². The van der Waals surface area contributed by atoms with Crippen molar-refractivity contribution in [3.05, 3.63) is 40.4 Å². The van der Waals surface area contributed by atoms with Crippen molar-refractivity contribution < 1.29 is 8.42 Å². The Labute approximate surface area is 154 Å². The Bertz CT molecular complexity index is 812. The molecule has 0 amide bonds. The quantitative estimate of drug-likeness (QED) is 0.860. The van der Waals surface area contributed by atoms with Crippen LogP contribution in [0.5, 0.6) is 0 Å². The van der Waals surface area contributed by atoms with E-state index in [0.29, 0.717) is 28.5 Å². The highest BCUT2D eigenvalue weighted by molar-refractivity contribution is 8.00. The first-order chi connectivity index (χ1) is 11.9. The maximum Gasteiger partial charge on any atom is 0.264 e. The molecule has 8 heteroatoms. The van der Waals surface area contributed by atoms with Crippen molar-refractivity contribution >= 4 is 32.4 Å². The highest BCUT2D eigenvalue weighted by Gasteiger charge is 2.32. The van der Waals surface area contributed by atoms with Crippen LogP contribution < -0.4 is 4.72 Å². The van der Waals surface area contributed by atoms with Crippen LogP contribution in [-0.2, 0) is 10.0 Å². The molecule has 0 aromatic heterocycles. The number of piperazine rings is 1. The van der Waals surface area contributed by atoms with Crippen molar-refractivity contribution in [3.8, 4) is 0 Å². The molecule has 0 atom stereocenters. The minimum Gasteiger partial charge on any atom is -0.304 e. The summed E-state index contributed by atoms with van der Waals surface area (Å²) in [5.41, 5.74) is 1.22. The molecule has 2 aliphatic rings. The predicted octanol–water partition coefficient (Wildman–Crippen LogP) is 1.65. The third kappa shape index (κ3) is 4.23. The lowest BCUT2D eigenvalue weighted by Crippen LogP contribution is -2.45. The van der Waals surface area contributed by atoms with Gasteiger partial charge in [-0.1, -0.05) is 23.7 Å². The SMILES string of the molecule is CC1=C(c2cccc(Cl)c2)S(=O)(=O)NC1=NCCN1CCN(C)CC1. The Morgan fingerprint density at radius 2 is 1.96 bits per heavy atom. The molecule has 0 saturated carbocycles. The Morgan fingerprint density at radius 1 is 1.24 bits per heavy atom. The van der Waals surface area contributed by atoms with Gasteiger partial charge in [-0.25, -0.2) is 8.42 Å². The monoisotopic (exact) mass is 382 g/mol. The number of hydrogen-bond acceptors (Lipinski definition) is 5. The predicted molar refractivity (Wildman–Crippen MR) is 102 cm³/mol. The zero-order valence-electron chi connectivity index (χ0n) is 14.5. The zero-order chi connectivity index (χ0) is 18.0. The molecule has 1 fully saturated rings. The minimum absolute atomic E-state index is 0.258. The number of amidine groups is 1. The first-order valence-corrected chi connectivity index (χ1v) is 10.2. The summed E-state index contributed by atoms with van der Waals surface area (Å²) in [5, 5.41) is 0.508. The molecule has 0 aliphatic carbocycles. The lowest BCUT2D eigenvalue weighted by Gasteiger charge is -2.31.